The van der Waals surface area contributed by atoms with Gasteiger partial charge in [0.2, 0.25) is 5.91 Å². The zero-order valence-electron chi connectivity index (χ0n) is 17.1. The van der Waals surface area contributed by atoms with Crippen LogP contribution in [0.3, 0.4) is 0 Å². The number of fused-ring (bicyclic) bond motifs is 1. The van der Waals surface area contributed by atoms with Crippen LogP contribution in [0.1, 0.15) is 12.6 Å². The van der Waals surface area contributed by atoms with Crippen molar-refractivity contribution in [1.82, 2.24) is 19.5 Å². The molecule has 1 aliphatic heterocycles. The average Bonchev–Trinajstić information content (AvgIpc) is 3.08. The van der Waals surface area contributed by atoms with E-state index in [0.29, 0.717) is 39.8 Å². The minimum atomic E-state index is -4.58. The highest BCUT2D eigenvalue weighted by Gasteiger charge is 2.33. The minimum absolute atomic E-state index is 0. The molecule has 1 aliphatic rings. The van der Waals surface area contributed by atoms with Crippen LogP contribution in [0.5, 0.6) is 0 Å². The lowest BCUT2D eigenvalue weighted by Crippen LogP contribution is -2.38. The van der Waals surface area contributed by atoms with Crippen LogP contribution in [0.4, 0.5) is 18.9 Å². The molecule has 0 radical (unpaired) electrons. The Bertz CT molecular complexity index is 1200. The number of carbonyl (C=O) groups excluding carboxylic acids is 1. The summed E-state index contributed by atoms with van der Waals surface area (Å²) in [6.07, 6.45) is -1.96. The molecule has 1 amide bonds. The Labute approximate surface area is 188 Å². The first-order valence-electron chi connectivity index (χ1n) is 9.37. The van der Waals surface area contributed by atoms with Gasteiger partial charge in [-0.25, -0.2) is 15.0 Å². The zero-order chi connectivity index (χ0) is 22.3. The lowest BCUT2D eigenvalue weighted by Gasteiger charge is -2.26. The van der Waals surface area contributed by atoms with Crippen LogP contribution in [0.15, 0.2) is 29.4 Å². The third-order valence-corrected chi connectivity index (χ3v) is 7.16. The van der Waals surface area contributed by atoms with Gasteiger partial charge in [-0.3, -0.25) is 9.00 Å². The molecule has 1 fully saturated rings. The van der Waals surface area contributed by atoms with E-state index in [0.717, 1.165) is 18.0 Å². The summed E-state index contributed by atoms with van der Waals surface area (Å²) in [5.41, 5.74) is 0.319. The second-order valence-corrected chi connectivity index (χ2v) is 9.64. The maximum absolute atomic E-state index is 13.0. The van der Waals surface area contributed by atoms with Gasteiger partial charge in [0.25, 0.3) is 0 Å². The third-order valence-electron chi connectivity index (χ3n) is 4.91. The monoisotopic (exact) mass is 487 g/mol. The zero-order valence-corrected chi connectivity index (χ0v) is 18.8. The van der Waals surface area contributed by atoms with Gasteiger partial charge >= 0.3 is 6.18 Å². The standard InChI is InChI=1S/C19H18F3N5O2S2.H2O/c1-3-31(29)14-6-11(27-4-5-30-10-16(27)28)8-24-17(14)18-25-12-7-15(19(20,21)22)23-9-13(12)26(18)2;/h6-9H,3-5,10H2,1-2H3;1H2. The molecule has 3 aromatic heterocycles. The fourth-order valence-corrected chi connectivity index (χ4v) is 5.03. The summed E-state index contributed by atoms with van der Waals surface area (Å²) in [7, 11) is 0.207. The molecule has 13 heteroatoms. The van der Waals surface area contributed by atoms with Gasteiger partial charge in [0.15, 0.2) is 5.82 Å². The predicted molar refractivity (Wildman–Crippen MR) is 117 cm³/mol. The van der Waals surface area contributed by atoms with Crippen molar-refractivity contribution in [2.45, 2.75) is 18.0 Å². The highest BCUT2D eigenvalue weighted by molar-refractivity contribution is 8.00. The van der Waals surface area contributed by atoms with E-state index < -0.39 is 22.7 Å². The number of carbonyl (C=O) groups is 1. The normalized spacial score (nSPS) is 15.7. The van der Waals surface area contributed by atoms with Crippen molar-refractivity contribution < 1.29 is 27.7 Å². The molecule has 0 spiro atoms. The topological polar surface area (TPSA) is 112 Å². The van der Waals surface area contributed by atoms with Crippen LogP contribution < -0.4 is 4.90 Å². The van der Waals surface area contributed by atoms with Crippen LogP contribution >= 0.6 is 11.8 Å². The number of aromatic nitrogens is 4. The molecule has 0 bridgehead atoms. The van der Waals surface area contributed by atoms with Crippen LogP contribution in [-0.2, 0) is 28.8 Å². The van der Waals surface area contributed by atoms with E-state index in [9.17, 15) is 22.2 Å². The smallest absolute Gasteiger partial charge is 0.412 e. The summed E-state index contributed by atoms with van der Waals surface area (Å²) in [5, 5.41) is 0. The van der Waals surface area contributed by atoms with Crippen LogP contribution in [-0.4, -0.2) is 58.9 Å². The second kappa shape index (κ2) is 9.16. The van der Waals surface area contributed by atoms with Gasteiger partial charge in [-0.15, -0.1) is 0 Å². The lowest BCUT2D eigenvalue weighted by atomic mass is 10.3. The number of amides is 1. The first kappa shape index (κ1) is 24.1. The maximum atomic E-state index is 13.0. The predicted octanol–water partition coefficient (Wildman–Crippen LogP) is 2.43. The summed E-state index contributed by atoms with van der Waals surface area (Å²) < 4.78 is 53.5. The van der Waals surface area contributed by atoms with Crippen molar-refractivity contribution in [3.05, 3.63) is 30.2 Å². The average molecular weight is 488 g/mol. The number of alkyl halides is 3. The number of hydrogen-bond acceptors (Lipinski definition) is 6. The highest BCUT2D eigenvalue weighted by atomic mass is 32.2. The van der Waals surface area contributed by atoms with Crippen LogP contribution in [0.25, 0.3) is 22.6 Å². The number of halogens is 3. The number of rotatable bonds is 4. The molecule has 1 saturated heterocycles. The molecule has 8 nitrogen and oxygen atoms in total. The van der Waals surface area contributed by atoms with E-state index in [1.807, 2.05) is 0 Å². The number of thioether (sulfide) groups is 1. The first-order chi connectivity index (χ1) is 14.7. The Hall–Kier alpha value is -2.51. The van der Waals surface area contributed by atoms with Crippen molar-refractivity contribution in [3.63, 3.8) is 0 Å². The van der Waals surface area contributed by atoms with Gasteiger partial charge in [-0.1, -0.05) is 6.92 Å². The van der Waals surface area contributed by atoms with Crippen molar-refractivity contribution in [1.29, 1.82) is 0 Å². The number of imidazole rings is 1. The van der Waals surface area contributed by atoms with E-state index in [1.165, 1.54) is 6.20 Å². The molecule has 0 saturated carbocycles. The molecule has 2 N–H and O–H groups in total. The summed E-state index contributed by atoms with van der Waals surface area (Å²) in [6.45, 7) is 2.28. The molecule has 3 aromatic rings. The summed E-state index contributed by atoms with van der Waals surface area (Å²) in [4.78, 5) is 26.5. The van der Waals surface area contributed by atoms with Crippen molar-refractivity contribution in [2.24, 2.45) is 7.05 Å². The number of hydrogen-bond donors (Lipinski definition) is 0. The molecule has 0 aromatic carbocycles. The second-order valence-electron chi connectivity index (χ2n) is 6.82. The Balaban J connectivity index is 0.00000289. The number of anilines is 1. The summed E-state index contributed by atoms with van der Waals surface area (Å²) in [5.74, 6) is 1.70. The first-order valence-corrected chi connectivity index (χ1v) is 11.8. The van der Waals surface area contributed by atoms with Gasteiger partial charge in [0.05, 0.1) is 50.6 Å². The van der Waals surface area contributed by atoms with Gasteiger partial charge < -0.3 is 14.9 Å². The van der Waals surface area contributed by atoms with Gasteiger partial charge in [0, 0.05) is 25.1 Å². The molecule has 4 heterocycles. The fourth-order valence-electron chi connectivity index (χ4n) is 3.33. The summed E-state index contributed by atoms with van der Waals surface area (Å²) in [6, 6.07) is 2.54. The SMILES string of the molecule is CCS(=O)c1cc(N2CCSCC2=O)cnc1-c1nc2cc(C(F)(F)F)ncc2n1C.O. The molecular formula is C19H20F3N5O3S2. The van der Waals surface area contributed by atoms with Crippen molar-refractivity contribution >= 4 is 45.2 Å². The Morgan fingerprint density at radius 2 is 1.97 bits per heavy atom. The van der Waals surface area contributed by atoms with Crippen molar-refractivity contribution in [3.8, 4) is 11.5 Å². The van der Waals surface area contributed by atoms with E-state index >= 15 is 0 Å². The Kier molecular flexibility index (Phi) is 6.91. The van der Waals surface area contributed by atoms with Gasteiger partial charge in [0.1, 0.15) is 11.4 Å². The minimum Gasteiger partial charge on any atom is -0.412 e. The summed E-state index contributed by atoms with van der Waals surface area (Å²) >= 11 is 1.55. The van der Waals surface area contributed by atoms with Crippen LogP contribution in [0.2, 0.25) is 0 Å². The maximum Gasteiger partial charge on any atom is 0.433 e. The lowest BCUT2D eigenvalue weighted by molar-refractivity contribution is -0.141. The Morgan fingerprint density at radius 1 is 1.22 bits per heavy atom. The van der Waals surface area contributed by atoms with Gasteiger partial charge in [-0.05, 0) is 12.1 Å². The Morgan fingerprint density at radius 3 is 2.62 bits per heavy atom. The molecule has 4 rings (SSSR count). The third kappa shape index (κ3) is 4.36. The molecule has 172 valence electrons. The van der Waals surface area contributed by atoms with Gasteiger partial charge in [-0.2, -0.15) is 24.9 Å². The quantitative estimate of drug-likeness (QED) is 0.559. The van der Waals surface area contributed by atoms with E-state index in [-0.39, 0.29) is 22.7 Å². The molecule has 32 heavy (non-hydrogen) atoms. The van der Waals surface area contributed by atoms with E-state index in [1.54, 1.807) is 41.3 Å². The van der Waals surface area contributed by atoms with Crippen LogP contribution in [0, 0.1) is 0 Å². The van der Waals surface area contributed by atoms with Crippen molar-refractivity contribution in [2.75, 3.05) is 28.7 Å². The molecule has 1 atom stereocenters. The number of nitrogens with zero attached hydrogens (tertiary/aromatic N) is 5. The molecular weight excluding hydrogens is 467 g/mol. The fraction of sp³-hybridized carbons (Fsp3) is 0.368. The largest absolute Gasteiger partial charge is 0.433 e. The number of aryl methyl sites for hydroxylation is 1. The van der Waals surface area contributed by atoms with E-state index in [4.69, 9.17) is 0 Å². The molecule has 1 unspecified atom stereocenters. The highest BCUT2D eigenvalue weighted by Crippen LogP contribution is 2.33. The molecule has 0 aliphatic carbocycles. The van der Waals surface area contributed by atoms with E-state index in [2.05, 4.69) is 15.0 Å². The number of pyridine rings is 2.